The number of rotatable bonds is 9. The molecule has 2 N–H and O–H groups in total. The fourth-order valence-electron chi connectivity index (χ4n) is 3.64. The summed E-state index contributed by atoms with van der Waals surface area (Å²) in [5, 5.41) is 6.52. The number of nitrogens with one attached hydrogen (secondary N) is 2. The summed E-state index contributed by atoms with van der Waals surface area (Å²) in [6.07, 6.45) is 2.68. The number of benzene rings is 2. The van der Waals surface area contributed by atoms with Crippen molar-refractivity contribution in [3.63, 3.8) is 0 Å². The van der Waals surface area contributed by atoms with E-state index in [2.05, 4.69) is 28.5 Å². The van der Waals surface area contributed by atoms with Crippen molar-refractivity contribution in [2.75, 3.05) is 38.6 Å². The topological polar surface area (TPSA) is 53.6 Å². The van der Waals surface area contributed by atoms with Gasteiger partial charge in [-0.2, -0.15) is 0 Å². The normalized spacial score (nSPS) is 15.4. The average molecular weight is 382 g/mol. The summed E-state index contributed by atoms with van der Waals surface area (Å²) >= 11 is 0. The Kier molecular flexibility index (Phi) is 7.46. The van der Waals surface area contributed by atoms with Crippen LogP contribution in [0.2, 0.25) is 0 Å². The molecule has 150 valence electrons. The fourth-order valence-corrected chi connectivity index (χ4v) is 3.64. The van der Waals surface area contributed by atoms with Gasteiger partial charge in [0, 0.05) is 24.3 Å². The van der Waals surface area contributed by atoms with Crippen LogP contribution in [0.15, 0.2) is 48.5 Å². The molecule has 1 unspecified atom stereocenters. The smallest absolute Gasteiger partial charge is 0.255 e. The lowest BCUT2D eigenvalue weighted by Gasteiger charge is -2.20. The van der Waals surface area contributed by atoms with Crippen LogP contribution in [0.5, 0.6) is 5.75 Å². The minimum atomic E-state index is -0.119. The molecule has 0 aliphatic carbocycles. The molecule has 2 aromatic carbocycles. The summed E-state index contributed by atoms with van der Waals surface area (Å²) in [6.45, 7) is 7.78. The van der Waals surface area contributed by atoms with Crippen LogP contribution >= 0.6 is 0 Å². The van der Waals surface area contributed by atoms with Crippen LogP contribution in [-0.4, -0.2) is 44.1 Å². The van der Waals surface area contributed by atoms with Gasteiger partial charge in [0.2, 0.25) is 0 Å². The second kappa shape index (κ2) is 10.2. The first-order chi connectivity index (χ1) is 13.6. The lowest BCUT2D eigenvalue weighted by Crippen LogP contribution is -2.31. The van der Waals surface area contributed by atoms with Crippen LogP contribution in [0.1, 0.15) is 35.7 Å². The summed E-state index contributed by atoms with van der Waals surface area (Å²) in [5.74, 6) is 1.26. The summed E-state index contributed by atoms with van der Waals surface area (Å²) < 4.78 is 5.13. The monoisotopic (exact) mass is 381 g/mol. The number of carbonyl (C=O) groups is 1. The van der Waals surface area contributed by atoms with Crippen LogP contribution in [0, 0.1) is 5.92 Å². The highest BCUT2D eigenvalue weighted by atomic mass is 16.5. The molecule has 0 spiro atoms. The van der Waals surface area contributed by atoms with E-state index in [0.717, 1.165) is 24.5 Å². The molecule has 0 radical (unpaired) electrons. The van der Waals surface area contributed by atoms with E-state index in [-0.39, 0.29) is 5.91 Å². The number of carbonyl (C=O) groups excluding carboxylic acids is 1. The number of nitrogens with zero attached hydrogens (tertiary/aromatic N) is 1. The van der Waals surface area contributed by atoms with E-state index in [9.17, 15) is 4.79 Å². The third-order valence-electron chi connectivity index (χ3n) is 5.13. The number of anilines is 1. The van der Waals surface area contributed by atoms with Gasteiger partial charge in [0.15, 0.2) is 0 Å². The molecule has 1 saturated heterocycles. The first-order valence-electron chi connectivity index (χ1n) is 10.1. The second-order valence-corrected chi connectivity index (χ2v) is 7.63. The minimum absolute atomic E-state index is 0.119. The van der Waals surface area contributed by atoms with E-state index in [0.29, 0.717) is 11.5 Å². The highest BCUT2D eigenvalue weighted by molar-refractivity contribution is 6.04. The zero-order chi connectivity index (χ0) is 19.8. The van der Waals surface area contributed by atoms with Crippen molar-refractivity contribution in [2.45, 2.75) is 26.3 Å². The van der Waals surface area contributed by atoms with Gasteiger partial charge in [-0.15, -0.1) is 0 Å². The fraction of sp³-hybridized carbons (Fsp3) is 0.435. The van der Waals surface area contributed by atoms with E-state index >= 15 is 0 Å². The van der Waals surface area contributed by atoms with Crippen molar-refractivity contribution < 1.29 is 9.53 Å². The van der Waals surface area contributed by atoms with E-state index in [1.54, 1.807) is 31.4 Å². The maximum Gasteiger partial charge on any atom is 0.255 e. The van der Waals surface area contributed by atoms with Crippen LogP contribution in [-0.2, 0) is 6.54 Å². The summed E-state index contributed by atoms with van der Waals surface area (Å²) in [6, 6.07) is 15.1. The highest BCUT2D eigenvalue weighted by Gasteiger charge is 2.14. The third-order valence-corrected chi connectivity index (χ3v) is 5.13. The molecular weight excluding hydrogens is 350 g/mol. The molecule has 0 bridgehead atoms. The van der Waals surface area contributed by atoms with E-state index in [1.165, 1.54) is 38.0 Å². The highest BCUT2D eigenvalue weighted by Crippen LogP contribution is 2.15. The van der Waals surface area contributed by atoms with Gasteiger partial charge in [-0.25, -0.2) is 0 Å². The number of likely N-dealkylation sites (tertiary alicyclic amines) is 1. The molecule has 5 heteroatoms. The average Bonchev–Trinajstić information content (AvgIpc) is 3.21. The van der Waals surface area contributed by atoms with Gasteiger partial charge in [-0.05, 0) is 80.4 Å². The van der Waals surface area contributed by atoms with Gasteiger partial charge in [-0.3, -0.25) is 4.79 Å². The molecule has 1 aliphatic heterocycles. The summed E-state index contributed by atoms with van der Waals surface area (Å²) in [4.78, 5) is 15.0. The SMILES string of the molecule is COc1ccc(C(=O)Nc2cccc(CNCC(C)CN3CCCC3)c2)cc1. The van der Waals surface area contributed by atoms with Crippen LogP contribution in [0.25, 0.3) is 0 Å². The molecule has 1 fully saturated rings. The molecule has 1 atom stereocenters. The first kappa shape index (κ1) is 20.4. The molecule has 1 heterocycles. The van der Waals surface area contributed by atoms with Crippen molar-refractivity contribution in [1.82, 2.24) is 10.2 Å². The van der Waals surface area contributed by atoms with Gasteiger partial charge in [-0.1, -0.05) is 19.1 Å². The predicted molar refractivity (Wildman–Crippen MR) is 114 cm³/mol. The quantitative estimate of drug-likeness (QED) is 0.694. The Labute approximate surface area is 168 Å². The lowest BCUT2D eigenvalue weighted by atomic mass is 10.1. The Morgan fingerprint density at radius 2 is 1.89 bits per heavy atom. The first-order valence-corrected chi connectivity index (χ1v) is 10.1. The number of amides is 1. The predicted octanol–water partition coefficient (Wildman–Crippen LogP) is 3.77. The summed E-state index contributed by atoms with van der Waals surface area (Å²) in [7, 11) is 1.61. The largest absolute Gasteiger partial charge is 0.497 e. The molecule has 5 nitrogen and oxygen atoms in total. The number of hydrogen-bond acceptors (Lipinski definition) is 4. The molecule has 1 amide bonds. The van der Waals surface area contributed by atoms with E-state index in [4.69, 9.17) is 4.74 Å². The molecule has 1 aliphatic rings. The van der Waals surface area contributed by atoms with Crippen LogP contribution in [0.4, 0.5) is 5.69 Å². The minimum Gasteiger partial charge on any atom is -0.497 e. The molecule has 3 rings (SSSR count). The van der Waals surface area contributed by atoms with Crippen molar-refractivity contribution >= 4 is 11.6 Å². The van der Waals surface area contributed by atoms with E-state index < -0.39 is 0 Å². The van der Waals surface area contributed by atoms with E-state index in [1.807, 2.05) is 18.2 Å². The maximum atomic E-state index is 12.4. The number of hydrogen-bond donors (Lipinski definition) is 2. The van der Waals surface area contributed by atoms with Crippen molar-refractivity contribution in [3.8, 4) is 5.75 Å². The zero-order valence-corrected chi connectivity index (χ0v) is 16.9. The maximum absolute atomic E-state index is 12.4. The van der Waals surface area contributed by atoms with Crippen LogP contribution in [0.3, 0.4) is 0 Å². The van der Waals surface area contributed by atoms with Gasteiger partial charge in [0.1, 0.15) is 5.75 Å². The zero-order valence-electron chi connectivity index (χ0n) is 16.9. The van der Waals surface area contributed by atoms with Crippen molar-refractivity contribution in [1.29, 1.82) is 0 Å². The Morgan fingerprint density at radius 1 is 1.14 bits per heavy atom. The number of ether oxygens (including phenoxy) is 1. The summed E-state index contributed by atoms with van der Waals surface area (Å²) in [5.41, 5.74) is 2.59. The van der Waals surface area contributed by atoms with Crippen molar-refractivity contribution in [2.24, 2.45) is 5.92 Å². The number of methoxy groups -OCH3 is 1. The Bertz CT molecular complexity index is 755. The third kappa shape index (κ3) is 6.08. The molecule has 2 aromatic rings. The Hall–Kier alpha value is -2.37. The van der Waals surface area contributed by atoms with Gasteiger partial charge in [0.25, 0.3) is 5.91 Å². The van der Waals surface area contributed by atoms with Gasteiger partial charge >= 0.3 is 0 Å². The van der Waals surface area contributed by atoms with Gasteiger partial charge < -0.3 is 20.3 Å². The second-order valence-electron chi connectivity index (χ2n) is 7.63. The Morgan fingerprint density at radius 3 is 2.61 bits per heavy atom. The molecular formula is C23H31N3O2. The molecule has 28 heavy (non-hydrogen) atoms. The van der Waals surface area contributed by atoms with Crippen LogP contribution < -0.4 is 15.4 Å². The standard InChI is InChI=1S/C23H31N3O2/c1-18(17-26-12-3-4-13-26)15-24-16-19-6-5-7-21(14-19)25-23(27)20-8-10-22(28-2)11-9-20/h5-11,14,18,24H,3-4,12-13,15-17H2,1-2H3,(H,25,27). The lowest BCUT2D eigenvalue weighted by molar-refractivity contribution is 0.102. The van der Waals surface area contributed by atoms with Crippen molar-refractivity contribution in [3.05, 3.63) is 59.7 Å². The molecule has 0 saturated carbocycles. The van der Waals surface area contributed by atoms with Gasteiger partial charge in [0.05, 0.1) is 7.11 Å². The Balaban J connectivity index is 1.46. The molecule has 0 aromatic heterocycles.